The van der Waals surface area contributed by atoms with Crippen molar-refractivity contribution in [1.82, 2.24) is 4.90 Å². The summed E-state index contributed by atoms with van der Waals surface area (Å²) in [5.74, 6) is -0.0322. The van der Waals surface area contributed by atoms with E-state index < -0.39 is 0 Å². The summed E-state index contributed by atoms with van der Waals surface area (Å²) in [7, 11) is 0. The summed E-state index contributed by atoms with van der Waals surface area (Å²) in [4.78, 5) is 26.0. The van der Waals surface area contributed by atoms with Crippen molar-refractivity contribution in [3.8, 4) is 0 Å². The van der Waals surface area contributed by atoms with Crippen molar-refractivity contribution in [3.63, 3.8) is 0 Å². The van der Waals surface area contributed by atoms with Gasteiger partial charge in [0.25, 0.3) is 0 Å². The number of hydrogen-bond donors (Lipinski definition) is 0. The van der Waals surface area contributed by atoms with Gasteiger partial charge in [0.2, 0.25) is 5.91 Å². The van der Waals surface area contributed by atoms with Gasteiger partial charge in [0.05, 0.1) is 13.0 Å². The van der Waals surface area contributed by atoms with Gasteiger partial charge in [0.1, 0.15) is 0 Å². The van der Waals surface area contributed by atoms with Crippen molar-refractivity contribution in [1.29, 1.82) is 0 Å². The second kappa shape index (κ2) is 8.17. The van der Waals surface area contributed by atoms with Gasteiger partial charge < -0.3 is 9.64 Å². The van der Waals surface area contributed by atoms with E-state index in [1.165, 1.54) is 5.56 Å². The molecule has 0 N–H and O–H groups in total. The molecule has 2 rings (SSSR count). The number of esters is 1. The molecule has 0 spiro atoms. The lowest BCUT2D eigenvalue weighted by Crippen LogP contribution is -2.45. The van der Waals surface area contributed by atoms with E-state index in [-0.39, 0.29) is 17.9 Å². The van der Waals surface area contributed by atoms with E-state index in [0.29, 0.717) is 19.4 Å². The van der Waals surface area contributed by atoms with Crippen molar-refractivity contribution in [2.75, 3.05) is 13.2 Å². The zero-order valence-electron chi connectivity index (χ0n) is 12.5. The molecule has 1 atom stereocenters. The summed E-state index contributed by atoms with van der Waals surface area (Å²) < 4.78 is 5.02. The number of nitrogens with zero attached hydrogens (tertiary/aromatic N) is 1. The fourth-order valence-corrected chi connectivity index (χ4v) is 3.49. The van der Waals surface area contributed by atoms with Crippen LogP contribution in [0.1, 0.15) is 44.6 Å². The molecule has 1 aromatic rings. The zero-order chi connectivity index (χ0) is 15.1. The summed E-state index contributed by atoms with van der Waals surface area (Å²) >= 11 is 1.66. The lowest BCUT2D eigenvalue weighted by Gasteiger charge is -2.35. The fraction of sp³-hybridized carbons (Fsp3) is 0.625. The molecular formula is C16H23NO3S. The van der Waals surface area contributed by atoms with Gasteiger partial charge >= 0.3 is 5.97 Å². The molecule has 0 radical (unpaired) electrons. The number of rotatable bonds is 6. The summed E-state index contributed by atoms with van der Waals surface area (Å²) in [6.45, 7) is 2.98. The maximum atomic E-state index is 12.4. The van der Waals surface area contributed by atoms with Crippen LogP contribution in [-0.2, 0) is 20.7 Å². The van der Waals surface area contributed by atoms with E-state index in [1.54, 1.807) is 11.3 Å². The summed E-state index contributed by atoms with van der Waals surface area (Å²) in [6, 6.07) is 2.08. The molecule has 5 heteroatoms. The molecule has 0 bridgehead atoms. The molecule has 0 aliphatic carbocycles. The van der Waals surface area contributed by atoms with E-state index >= 15 is 0 Å². The lowest BCUT2D eigenvalue weighted by atomic mass is 9.98. The molecule has 116 valence electrons. The van der Waals surface area contributed by atoms with E-state index in [0.717, 1.165) is 32.2 Å². The predicted molar refractivity (Wildman–Crippen MR) is 83.2 cm³/mol. The van der Waals surface area contributed by atoms with Crippen LogP contribution in [0.5, 0.6) is 0 Å². The van der Waals surface area contributed by atoms with Gasteiger partial charge in [-0.05, 0) is 55.0 Å². The Morgan fingerprint density at radius 2 is 2.29 bits per heavy atom. The monoisotopic (exact) mass is 309 g/mol. The number of ether oxygens (including phenoxy) is 1. The minimum absolute atomic E-state index is 0.0211. The average Bonchev–Trinajstić information content (AvgIpc) is 2.99. The average molecular weight is 309 g/mol. The van der Waals surface area contributed by atoms with Crippen molar-refractivity contribution >= 4 is 23.2 Å². The summed E-state index contributed by atoms with van der Waals surface area (Å²) in [6.07, 6.45) is 4.66. The number of thiophene rings is 1. The first-order valence-corrected chi connectivity index (χ1v) is 8.61. The Morgan fingerprint density at radius 3 is 3.00 bits per heavy atom. The van der Waals surface area contributed by atoms with Gasteiger partial charge in [0, 0.05) is 19.0 Å². The molecule has 0 aromatic carbocycles. The first kappa shape index (κ1) is 16.0. The molecule has 0 saturated carbocycles. The normalized spacial score (nSPS) is 18.5. The van der Waals surface area contributed by atoms with Crippen LogP contribution in [0.3, 0.4) is 0 Å². The first-order chi connectivity index (χ1) is 10.2. The van der Waals surface area contributed by atoms with Gasteiger partial charge in [-0.15, -0.1) is 0 Å². The smallest absolute Gasteiger partial charge is 0.307 e. The maximum absolute atomic E-state index is 12.4. The molecule has 1 aromatic heterocycles. The van der Waals surface area contributed by atoms with Gasteiger partial charge in [-0.2, -0.15) is 11.3 Å². The highest BCUT2D eigenvalue weighted by molar-refractivity contribution is 7.07. The first-order valence-electron chi connectivity index (χ1n) is 7.67. The number of piperidine rings is 1. The Kier molecular flexibility index (Phi) is 6.23. The summed E-state index contributed by atoms with van der Waals surface area (Å²) in [5, 5.41) is 4.11. The van der Waals surface area contributed by atoms with Crippen molar-refractivity contribution < 1.29 is 14.3 Å². The van der Waals surface area contributed by atoms with Crippen LogP contribution in [0.15, 0.2) is 16.8 Å². The highest BCUT2D eigenvalue weighted by Crippen LogP contribution is 2.21. The summed E-state index contributed by atoms with van der Waals surface area (Å²) in [5.41, 5.74) is 1.22. The third-order valence-corrected chi connectivity index (χ3v) is 4.59. The Bertz CT molecular complexity index is 458. The number of carbonyl (C=O) groups excluding carboxylic acids is 2. The van der Waals surface area contributed by atoms with E-state index in [4.69, 9.17) is 4.74 Å². The molecule has 0 unspecified atom stereocenters. The number of likely N-dealkylation sites (tertiary alicyclic amines) is 1. The van der Waals surface area contributed by atoms with E-state index in [1.807, 2.05) is 17.2 Å². The van der Waals surface area contributed by atoms with E-state index in [2.05, 4.69) is 11.4 Å². The third-order valence-electron chi connectivity index (χ3n) is 3.86. The highest BCUT2D eigenvalue weighted by atomic mass is 32.1. The molecule has 4 nitrogen and oxygen atoms in total. The fourth-order valence-electron chi connectivity index (χ4n) is 2.78. The second-order valence-electron chi connectivity index (χ2n) is 5.38. The SMILES string of the molecule is CCOC(=O)C[C@@H]1CCCCN1C(=O)CCc1ccsc1. The largest absolute Gasteiger partial charge is 0.466 e. The van der Waals surface area contributed by atoms with Crippen LogP contribution < -0.4 is 0 Å². The van der Waals surface area contributed by atoms with Gasteiger partial charge in [-0.1, -0.05) is 0 Å². The van der Waals surface area contributed by atoms with Crippen LogP contribution in [0, 0.1) is 0 Å². The number of aryl methyl sites for hydroxylation is 1. The Hall–Kier alpha value is -1.36. The minimum Gasteiger partial charge on any atom is -0.466 e. The second-order valence-corrected chi connectivity index (χ2v) is 6.16. The molecule has 1 amide bonds. The zero-order valence-corrected chi connectivity index (χ0v) is 13.4. The van der Waals surface area contributed by atoms with E-state index in [9.17, 15) is 9.59 Å². The molecule has 21 heavy (non-hydrogen) atoms. The third kappa shape index (κ3) is 4.84. The maximum Gasteiger partial charge on any atom is 0.307 e. The number of amides is 1. The quantitative estimate of drug-likeness (QED) is 0.759. The van der Waals surface area contributed by atoms with Crippen LogP contribution in [0.2, 0.25) is 0 Å². The minimum atomic E-state index is -0.194. The van der Waals surface area contributed by atoms with Crippen molar-refractivity contribution in [3.05, 3.63) is 22.4 Å². The number of carbonyl (C=O) groups is 2. The van der Waals surface area contributed by atoms with Crippen LogP contribution in [-0.4, -0.2) is 36.0 Å². The molecule has 2 heterocycles. The lowest BCUT2D eigenvalue weighted by molar-refractivity contribution is -0.146. The van der Waals surface area contributed by atoms with Crippen LogP contribution >= 0.6 is 11.3 Å². The Morgan fingerprint density at radius 1 is 1.43 bits per heavy atom. The molecule has 1 saturated heterocycles. The van der Waals surface area contributed by atoms with Crippen molar-refractivity contribution in [2.24, 2.45) is 0 Å². The topological polar surface area (TPSA) is 46.6 Å². The van der Waals surface area contributed by atoms with Crippen LogP contribution in [0.4, 0.5) is 0 Å². The predicted octanol–water partition coefficient (Wildman–Crippen LogP) is 3.02. The number of hydrogen-bond acceptors (Lipinski definition) is 4. The molecule has 1 aliphatic heterocycles. The molecular weight excluding hydrogens is 286 g/mol. The standard InChI is InChI=1S/C16H23NO3S/c1-2-20-16(19)11-14-5-3-4-9-17(14)15(18)7-6-13-8-10-21-12-13/h8,10,12,14H,2-7,9,11H2,1H3/t14-/m0/s1. The molecule has 1 aliphatic rings. The van der Waals surface area contributed by atoms with Gasteiger partial charge in [0.15, 0.2) is 0 Å². The van der Waals surface area contributed by atoms with Crippen molar-refractivity contribution in [2.45, 2.75) is 51.5 Å². The highest BCUT2D eigenvalue weighted by Gasteiger charge is 2.28. The Balaban J connectivity index is 1.87. The molecule has 1 fully saturated rings. The van der Waals surface area contributed by atoms with Gasteiger partial charge in [-0.25, -0.2) is 0 Å². The Labute approximate surface area is 130 Å². The van der Waals surface area contributed by atoms with Gasteiger partial charge in [-0.3, -0.25) is 9.59 Å². The van der Waals surface area contributed by atoms with Crippen LogP contribution in [0.25, 0.3) is 0 Å².